The Morgan fingerprint density at radius 2 is 2.06 bits per heavy atom. The number of hydrogen-bond donors (Lipinski definition) is 1. The third-order valence-electron chi connectivity index (χ3n) is 3.51. The quantitative estimate of drug-likeness (QED) is 0.837. The minimum absolute atomic E-state index is 0.102. The molecule has 0 aromatic heterocycles. The van der Waals surface area contributed by atoms with E-state index in [2.05, 4.69) is 0 Å². The topological polar surface area (TPSA) is 40.5 Å². The minimum Gasteiger partial charge on any atom is -0.465 e. The first-order valence-corrected chi connectivity index (χ1v) is 5.87. The summed E-state index contributed by atoms with van der Waals surface area (Å²) in [5.41, 5.74) is -1.15. The summed E-state index contributed by atoms with van der Waals surface area (Å²) in [6.07, 6.45) is -0.816. The van der Waals surface area contributed by atoms with Crippen LogP contribution in [0, 0.1) is 5.82 Å². The molecule has 5 heteroatoms. The number of carbonyl (C=O) groups is 1. The van der Waals surface area contributed by atoms with Gasteiger partial charge in [-0.15, -0.1) is 0 Å². The van der Waals surface area contributed by atoms with Gasteiger partial charge in [0.05, 0.1) is 0 Å². The third-order valence-corrected chi connectivity index (χ3v) is 3.51. The summed E-state index contributed by atoms with van der Waals surface area (Å²) in [4.78, 5) is 12.1. The van der Waals surface area contributed by atoms with Gasteiger partial charge in [-0.05, 0) is 24.6 Å². The molecule has 1 aromatic rings. The zero-order valence-corrected chi connectivity index (χ0v) is 10.1. The van der Waals surface area contributed by atoms with E-state index in [0.717, 1.165) is 0 Å². The van der Waals surface area contributed by atoms with Crippen molar-refractivity contribution in [1.29, 1.82) is 0 Å². The van der Waals surface area contributed by atoms with Crippen molar-refractivity contribution in [3.05, 3.63) is 35.6 Å². The molecule has 1 heterocycles. The second-order valence-corrected chi connectivity index (χ2v) is 4.75. The lowest BCUT2D eigenvalue weighted by Gasteiger charge is -2.40. The lowest BCUT2D eigenvalue weighted by atomic mass is 9.83. The molecule has 3 nitrogen and oxygen atoms in total. The van der Waals surface area contributed by atoms with Crippen LogP contribution in [0.4, 0.5) is 13.6 Å². The number of likely N-dealkylation sites (tertiary alicyclic amines) is 1. The molecule has 98 valence electrons. The molecular formula is C13H15F2NO2. The molecule has 2 atom stereocenters. The SMILES string of the molecule is CC1CC(F)(c2ccc(F)cc2)CCN1C(=O)O. The molecule has 0 bridgehead atoms. The predicted octanol–water partition coefficient (Wildman–Crippen LogP) is 3.15. The lowest BCUT2D eigenvalue weighted by molar-refractivity contribution is 0.0255. The zero-order chi connectivity index (χ0) is 13.3. The standard InChI is InChI=1S/C13H15F2NO2/c1-9-8-13(15,6-7-16(9)12(17)18)10-2-4-11(14)5-3-10/h2-5,9H,6-8H2,1H3,(H,17,18). The smallest absolute Gasteiger partial charge is 0.407 e. The van der Waals surface area contributed by atoms with E-state index in [1.54, 1.807) is 6.92 Å². The Morgan fingerprint density at radius 3 is 2.56 bits per heavy atom. The van der Waals surface area contributed by atoms with Crippen LogP contribution >= 0.6 is 0 Å². The highest BCUT2D eigenvalue weighted by molar-refractivity contribution is 5.65. The van der Waals surface area contributed by atoms with Crippen LogP contribution in [0.3, 0.4) is 0 Å². The molecule has 0 radical (unpaired) electrons. The molecule has 0 saturated carbocycles. The van der Waals surface area contributed by atoms with Crippen molar-refractivity contribution in [1.82, 2.24) is 4.90 Å². The Balaban J connectivity index is 2.19. The van der Waals surface area contributed by atoms with E-state index < -0.39 is 17.6 Å². The van der Waals surface area contributed by atoms with E-state index in [4.69, 9.17) is 5.11 Å². The second kappa shape index (κ2) is 4.55. The summed E-state index contributed by atoms with van der Waals surface area (Å²) in [5.74, 6) is -0.404. The zero-order valence-electron chi connectivity index (χ0n) is 10.1. The van der Waals surface area contributed by atoms with Gasteiger partial charge < -0.3 is 10.0 Å². The van der Waals surface area contributed by atoms with Crippen LogP contribution in [0.1, 0.15) is 25.3 Å². The number of hydrogen-bond acceptors (Lipinski definition) is 1. The van der Waals surface area contributed by atoms with Crippen molar-refractivity contribution in [2.45, 2.75) is 31.5 Å². The van der Waals surface area contributed by atoms with E-state index in [0.29, 0.717) is 5.56 Å². The van der Waals surface area contributed by atoms with Crippen LogP contribution in [0.5, 0.6) is 0 Å². The van der Waals surface area contributed by atoms with Gasteiger partial charge in [-0.2, -0.15) is 0 Å². The Bertz CT molecular complexity index is 449. The van der Waals surface area contributed by atoms with Crippen LogP contribution in [0.25, 0.3) is 0 Å². The number of carboxylic acid groups (broad SMARTS) is 1. The molecule has 1 aliphatic heterocycles. The van der Waals surface area contributed by atoms with Crippen LogP contribution in [-0.4, -0.2) is 28.7 Å². The fourth-order valence-electron chi connectivity index (χ4n) is 2.49. The van der Waals surface area contributed by atoms with E-state index in [9.17, 15) is 13.6 Å². The number of halogens is 2. The summed E-state index contributed by atoms with van der Waals surface area (Å²) in [5, 5.41) is 8.94. The fraction of sp³-hybridized carbons (Fsp3) is 0.462. The summed E-state index contributed by atoms with van der Waals surface area (Å²) in [6, 6.07) is 4.93. The Hall–Kier alpha value is -1.65. The van der Waals surface area contributed by atoms with Crippen molar-refractivity contribution in [3.8, 4) is 0 Å². The number of nitrogens with zero attached hydrogens (tertiary/aromatic N) is 1. The van der Waals surface area contributed by atoms with Crippen molar-refractivity contribution >= 4 is 6.09 Å². The third kappa shape index (κ3) is 2.30. The largest absolute Gasteiger partial charge is 0.465 e. The number of alkyl halides is 1. The average Bonchev–Trinajstić information content (AvgIpc) is 2.29. The Labute approximate surface area is 104 Å². The van der Waals surface area contributed by atoms with Gasteiger partial charge in [-0.1, -0.05) is 12.1 Å². The fourth-order valence-corrected chi connectivity index (χ4v) is 2.49. The van der Waals surface area contributed by atoms with Crippen molar-refractivity contribution < 1.29 is 18.7 Å². The molecule has 1 aromatic carbocycles. The first-order valence-electron chi connectivity index (χ1n) is 5.87. The lowest BCUT2D eigenvalue weighted by Crippen LogP contribution is -2.48. The van der Waals surface area contributed by atoms with Gasteiger partial charge >= 0.3 is 6.09 Å². The summed E-state index contributed by atoms with van der Waals surface area (Å²) in [7, 11) is 0. The number of amides is 1. The summed E-state index contributed by atoms with van der Waals surface area (Å²) < 4.78 is 27.6. The van der Waals surface area contributed by atoms with Gasteiger partial charge in [0, 0.05) is 25.4 Å². The highest BCUT2D eigenvalue weighted by atomic mass is 19.1. The molecule has 2 rings (SSSR count). The number of rotatable bonds is 1. The molecule has 18 heavy (non-hydrogen) atoms. The summed E-state index contributed by atoms with van der Waals surface area (Å²) in [6.45, 7) is 1.84. The minimum atomic E-state index is -1.57. The van der Waals surface area contributed by atoms with Crippen molar-refractivity contribution in [2.75, 3.05) is 6.54 Å². The van der Waals surface area contributed by atoms with Gasteiger partial charge in [-0.3, -0.25) is 0 Å². The highest BCUT2D eigenvalue weighted by Gasteiger charge is 2.41. The van der Waals surface area contributed by atoms with E-state index in [-0.39, 0.29) is 25.4 Å². The molecule has 1 N–H and O–H groups in total. The first-order chi connectivity index (χ1) is 8.42. The Kier molecular flexibility index (Phi) is 3.24. The van der Waals surface area contributed by atoms with Crippen molar-refractivity contribution in [2.24, 2.45) is 0 Å². The predicted molar refractivity (Wildman–Crippen MR) is 62.6 cm³/mol. The molecule has 1 fully saturated rings. The Morgan fingerprint density at radius 1 is 1.44 bits per heavy atom. The average molecular weight is 255 g/mol. The van der Waals surface area contributed by atoms with Gasteiger partial charge in [-0.25, -0.2) is 13.6 Å². The molecule has 0 aliphatic carbocycles. The van der Waals surface area contributed by atoms with Gasteiger partial charge in [0.25, 0.3) is 0 Å². The highest BCUT2D eigenvalue weighted by Crippen LogP contribution is 2.39. The van der Waals surface area contributed by atoms with Crippen LogP contribution in [0.2, 0.25) is 0 Å². The molecule has 1 aliphatic rings. The maximum atomic E-state index is 14.8. The van der Waals surface area contributed by atoms with Gasteiger partial charge in [0.15, 0.2) is 0 Å². The normalized spacial score (nSPS) is 28.2. The van der Waals surface area contributed by atoms with Gasteiger partial charge in [0.1, 0.15) is 11.5 Å². The van der Waals surface area contributed by atoms with E-state index in [1.165, 1.54) is 29.2 Å². The van der Waals surface area contributed by atoms with E-state index in [1.807, 2.05) is 0 Å². The maximum absolute atomic E-state index is 14.8. The molecular weight excluding hydrogens is 240 g/mol. The monoisotopic (exact) mass is 255 g/mol. The van der Waals surface area contributed by atoms with Crippen molar-refractivity contribution in [3.63, 3.8) is 0 Å². The first kappa shape index (κ1) is 12.8. The number of piperidine rings is 1. The van der Waals surface area contributed by atoms with Crippen LogP contribution in [0.15, 0.2) is 24.3 Å². The molecule has 1 saturated heterocycles. The second-order valence-electron chi connectivity index (χ2n) is 4.75. The molecule has 1 amide bonds. The maximum Gasteiger partial charge on any atom is 0.407 e. The van der Waals surface area contributed by atoms with Gasteiger partial charge in [0.2, 0.25) is 0 Å². The summed E-state index contributed by atoms with van der Waals surface area (Å²) >= 11 is 0. The number of benzene rings is 1. The van der Waals surface area contributed by atoms with E-state index >= 15 is 0 Å². The molecule has 2 unspecified atom stereocenters. The molecule has 0 spiro atoms. The van der Waals surface area contributed by atoms with Crippen LogP contribution in [-0.2, 0) is 5.67 Å². The van der Waals surface area contributed by atoms with Crippen LogP contribution < -0.4 is 0 Å².